The molecule has 6 heteroatoms. The Morgan fingerprint density at radius 2 is 1.83 bits per heavy atom. The van der Waals surface area contributed by atoms with E-state index in [2.05, 4.69) is 10.2 Å². The molecule has 1 aliphatic heterocycles. The Morgan fingerprint density at radius 3 is 2.46 bits per heavy atom. The Hall–Kier alpha value is -1.75. The molecule has 1 amide bonds. The summed E-state index contributed by atoms with van der Waals surface area (Å²) in [4.78, 5) is 14.6. The lowest BCUT2D eigenvalue weighted by molar-refractivity contribution is 0.0940. The minimum atomic E-state index is -0.0310. The standard InChI is InChI=1S/C18H20ClN3O.ClH/c19-15-5-7-17(8-6-15)22-10-9-16(12-22)21-18(23)14-3-1-13(11-20)2-4-14;/h1-8,16H,9-12,20H2,(H,21,23);1H. The van der Waals surface area contributed by atoms with Gasteiger partial charge >= 0.3 is 0 Å². The van der Waals surface area contributed by atoms with Crippen LogP contribution in [0.5, 0.6) is 0 Å². The second-order valence-electron chi connectivity index (χ2n) is 5.78. The van der Waals surface area contributed by atoms with Crippen molar-refractivity contribution in [2.24, 2.45) is 5.73 Å². The van der Waals surface area contributed by atoms with E-state index in [9.17, 15) is 4.79 Å². The number of halogens is 2. The minimum Gasteiger partial charge on any atom is -0.369 e. The first-order valence-electron chi connectivity index (χ1n) is 7.76. The summed E-state index contributed by atoms with van der Waals surface area (Å²) < 4.78 is 0. The maximum absolute atomic E-state index is 12.3. The van der Waals surface area contributed by atoms with Crippen LogP contribution in [-0.2, 0) is 6.54 Å². The van der Waals surface area contributed by atoms with E-state index in [0.717, 1.165) is 35.8 Å². The molecule has 0 bridgehead atoms. The summed E-state index contributed by atoms with van der Waals surface area (Å²) in [5.41, 5.74) is 8.41. The summed E-state index contributed by atoms with van der Waals surface area (Å²) in [6.45, 7) is 2.23. The molecule has 0 aromatic heterocycles. The number of carbonyl (C=O) groups is 1. The van der Waals surface area contributed by atoms with Crippen molar-refractivity contribution in [3.63, 3.8) is 0 Å². The Labute approximate surface area is 153 Å². The van der Waals surface area contributed by atoms with Crippen molar-refractivity contribution >= 4 is 35.6 Å². The van der Waals surface area contributed by atoms with E-state index in [-0.39, 0.29) is 24.4 Å². The van der Waals surface area contributed by atoms with Gasteiger partial charge in [-0.25, -0.2) is 0 Å². The van der Waals surface area contributed by atoms with Crippen LogP contribution in [0.4, 0.5) is 5.69 Å². The van der Waals surface area contributed by atoms with Gasteiger partial charge in [0, 0.05) is 41.9 Å². The van der Waals surface area contributed by atoms with Crippen LogP contribution in [0.1, 0.15) is 22.3 Å². The van der Waals surface area contributed by atoms with Gasteiger partial charge in [-0.2, -0.15) is 0 Å². The quantitative estimate of drug-likeness (QED) is 0.874. The summed E-state index contributed by atoms with van der Waals surface area (Å²) in [6, 6.07) is 15.4. The number of hydrogen-bond acceptors (Lipinski definition) is 3. The molecular weight excluding hydrogens is 345 g/mol. The highest BCUT2D eigenvalue weighted by atomic mass is 35.5. The van der Waals surface area contributed by atoms with Gasteiger partial charge in [0.25, 0.3) is 5.91 Å². The van der Waals surface area contributed by atoms with Gasteiger partial charge in [0.15, 0.2) is 0 Å². The summed E-state index contributed by atoms with van der Waals surface area (Å²) in [5, 5.41) is 3.84. The monoisotopic (exact) mass is 365 g/mol. The summed E-state index contributed by atoms with van der Waals surface area (Å²) >= 11 is 5.92. The molecule has 1 atom stereocenters. The number of benzene rings is 2. The van der Waals surface area contributed by atoms with E-state index in [0.29, 0.717) is 12.1 Å². The molecule has 3 rings (SSSR count). The maximum Gasteiger partial charge on any atom is 0.251 e. The largest absolute Gasteiger partial charge is 0.369 e. The molecule has 3 N–H and O–H groups in total. The maximum atomic E-state index is 12.3. The molecule has 4 nitrogen and oxygen atoms in total. The molecule has 1 aliphatic rings. The first-order valence-corrected chi connectivity index (χ1v) is 8.14. The zero-order valence-corrected chi connectivity index (χ0v) is 14.8. The van der Waals surface area contributed by atoms with E-state index in [1.807, 2.05) is 48.5 Å². The number of nitrogens with one attached hydrogen (secondary N) is 1. The van der Waals surface area contributed by atoms with Gasteiger partial charge in [0.1, 0.15) is 0 Å². The number of nitrogens with two attached hydrogens (primary N) is 1. The van der Waals surface area contributed by atoms with Crippen molar-refractivity contribution in [1.29, 1.82) is 0 Å². The van der Waals surface area contributed by atoms with E-state index in [1.165, 1.54) is 0 Å². The van der Waals surface area contributed by atoms with Crippen LogP contribution < -0.4 is 16.0 Å². The van der Waals surface area contributed by atoms with Gasteiger partial charge in [-0.15, -0.1) is 12.4 Å². The molecule has 1 heterocycles. The highest BCUT2D eigenvalue weighted by Crippen LogP contribution is 2.22. The number of nitrogens with zero attached hydrogens (tertiary/aromatic N) is 1. The second-order valence-corrected chi connectivity index (χ2v) is 6.22. The van der Waals surface area contributed by atoms with Gasteiger partial charge in [0.05, 0.1) is 0 Å². The first-order chi connectivity index (χ1) is 11.2. The van der Waals surface area contributed by atoms with E-state index in [4.69, 9.17) is 17.3 Å². The Morgan fingerprint density at radius 1 is 1.17 bits per heavy atom. The predicted octanol–water partition coefficient (Wildman–Crippen LogP) is 3.23. The summed E-state index contributed by atoms with van der Waals surface area (Å²) in [5.74, 6) is -0.0310. The van der Waals surface area contributed by atoms with E-state index < -0.39 is 0 Å². The number of hydrogen-bond donors (Lipinski definition) is 2. The SMILES string of the molecule is Cl.NCc1ccc(C(=O)NC2CCN(c3ccc(Cl)cc3)C2)cc1. The molecule has 2 aromatic carbocycles. The molecule has 0 spiro atoms. The fourth-order valence-corrected chi connectivity index (χ4v) is 2.95. The molecule has 128 valence electrons. The summed E-state index contributed by atoms with van der Waals surface area (Å²) in [6.07, 6.45) is 0.940. The zero-order valence-electron chi connectivity index (χ0n) is 13.2. The van der Waals surface area contributed by atoms with Crippen molar-refractivity contribution in [2.75, 3.05) is 18.0 Å². The molecule has 0 radical (unpaired) electrons. The van der Waals surface area contributed by atoms with Crippen molar-refractivity contribution in [3.8, 4) is 0 Å². The number of carbonyl (C=O) groups excluding carboxylic acids is 1. The number of rotatable bonds is 4. The van der Waals surface area contributed by atoms with Gasteiger partial charge in [-0.3, -0.25) is 4.79 Å². The van der Waals surface area contributed by atoms with Gasteiger partial charge < -0.3 is 16.0 Å². The fraction of sp³-hybridized carbons (Fsp3) is 0.278. The smallest absolute Gasteiger partial charge is 0.251 e. The van der Waals surface area contributed by atoms with Crippen molar-refractivity contribution in [2.45, 2.75) is 19.0 Å². The van der Waals surface area contributed by atoms with Crippen LogP contribution in [0.3, 0.4) is 0 Å². The van der Waals surface area contributed by atoms with Gasteiger partial charge in [0.2, 0.25) is 0 Å². The third kappa shape index (κ3) is 4.41. The topological polar surface area (TPSA) is 58.4 Å². The van der Waals surface area contributed by atoms with Gasteiger partial charge in [-0.05, 0) is 48.4 Å². The van der Waals surface area contributed by atoms with Crippen LogP contribution in [0.2, 0.25) is 5.02 Å². The minimum absolute atomic E-state index is 0. The van der Waals surface area contributed by atoms with Crippen LogP contribution >= 0.6 is 24.0 Å². The molecular formula is C18H21Cl2N3O. The zero-order chi connectivity index (χ0) is 16.2. The average molecular weight is 366 g/mol. The lowest BCUT2D eigenvalue weighted by atomic mass is 10.1. The second kappa shape index (κ2) is 8.38. The fourth-order valence-electron chi connectivity index (χ4n) is 2.83. The van der Waals surface area contributed by atoms with Crippen molar-refractivity contribution in [3.05, 3.63) is 64.7 Å². The average Bonchev–Trinajstić information content (AvgIpc) is 3.04. The number of amides is 1. The van der Waals surface area contributed by atoms with Crippen LogP contribution in [-0.4, -0.2) is 25.0 Å². The third-order valence-electron chi connectivity index (χ3n) is 4.17. The Balaban J connectivity index is 0.00000208. The Kier molecular flexibility index (Phi) is 6.49. The Bertz CT molecular complexity index is 674. The van der Waals surface area contributed by atoms with Crippen LogP contribution in [0.25, 0.3) is 0 Å². The highest BCUT2D eigenvalue weighted by molar-refractivity contribution is 6.30. The molecule has 1 saturated heterocycles. The van der Waals surface area contributed by atoms with Crippen LogP contribution in [0, 0.1) is 0 Å². The van der Waals surface area contributed by atoms with Crippen LogP contribution in [0.15, 0.2) is 48.5 Å². The molecule has 1 fully saturated rings. The first kappa shape index (κ1) is 18.6. The number of anilines is 1. The van der Waals surface area contributed by atoms with E-state index in [1.54, 1.807) is 0 Å². The molecule has 0 aliphatic carbocycles. The lowest BCUT2D eigenvalue weighted by Crippen LogP contribution is -2.37. The predicted molar refractivity (Wildman–Crippen MR) is 101 cm³/mol. The molecule has 2 aromatic rings. The van der Waals surface area contributed by atoms with Crippen molar-refractivity contribution < 1.29 is 4.79 Å². The molecule has 1 unspecified atom stereocenters. The summed E-state index contributed by atoms with van der Waals surface area (Å²) in [7, 11) is 0. The molecule has 0 saturated carbocycles. The normalized spacial score (nSPS) is 16.6. The highest BCUT2D eigenvalue weighted by Gasteiger charge is 2.24. The van der Waals surface area contributed by atoms with Gasteiger partial charge in [-0.1, -0.05) is 23.7 Å². The van der Waals surface area contributed by atoms with E-state index >= 15 is 0 Å². The third-order valence-corrected chi connectivity index (χ3v) is 4.42. The lowest BCUT2D eigenvalue weighted by Gasteiger charge is -2.19. The van der Waals surface area contributed by atoms with Crippen molar-refractivity contribution in [1.82, 2.24) is 5.32 Å². The molecule has 24 heavy (non-hydrogen) atoms.